The fourth-order valence-electron chi connectivity index (χ4n) is 3.70. The normalized spacial score (nSPS) is 11.3. The summed E-state index contributed by atoms with van der Waals surface area (Å²) >= 11 is 0. The molecule has 0 bridgehead atoms. The number of nitrogens with one attached hydrogen (secondary N) is 1. The molecule has 280 valence electrons. The molecule has 0 saturated heterocycles. The third kappa shape index (κ3) is 42.5. The highest BCUT2D eigenvalue weighted by molar-refractivity contribution is 5.75. The minimum absolute atomic E-state index is 0.102. The number of aliphatic carboxylic acids is 1. The van der Waals surface area contributed by atoms with Crippen LogP contribution in [-0.2, 0) is 62.0 Å². The van der Waals surface area contributed by atoms with Crippen molar-refractivity contribution >= 4 is 11.9 Å². The van der Waals surface area contributed by atoms with E-state index in [1.807, 2.05) is 0 Å². The minimum atomic E-state index is -1.10. The van der Waals surface area contributed by atoms with E-state index in [1.165, 1.54) is 32.1 Å². The second kappa shape index (κ2) is 40.7. The quantitative estimate of drug-likeness (QED) is 0.0547. The second-order valence-corrected chi connectivity index (χ2v) is 10.2. The van der Waals surface area contributed by atoms with E-state index in [0.29, 0.717) is 125 Å². The molecule has 1 amide bonds. The highest BCUT2D eigenvalue weighted by Crippen LogP contribution is 2.08. The number of carbonyl (C=O) groups excluding carboxylic acids is 1. The van der Waals surface area contributed by atoms with Gasteiger partial charge in [0.2, 0.25) is 5.91 Å². The van der Waals surface area contributed by atoms with E-state index in [0.717, 1.165) is 12.8 Å². The van der Waals surface area contributed by atoms with Crippen LogP contribution in [0.5, 0.6) is 0 Å². The number of ether oxygens (including phenoxy) is 9. The van der Waals surface area contributed by atoms with Gasteiger partial charge in [-0.25, -0.2) is 14.6 Å². The maximum absolute atomic E-state index is 11.8. The first-order chi connectivity index (χ1) is 23.2. The molecule has 0 aromatic rings. The summed E-state index contributed by atoms with van der Waals surface area (Å²) in [4.78, 5) is 31.0. The van der Waals surface area contributed by atoms with E-state index in [4.69, 9.17) is 47.7 Å². The molecule has 2 N–H and O–H groups in total. The van der Waals surface area contributed by atoms with Gasteiger partial charge in [-0.3, -0.25) is 4.79 Å². The van der Waals surface area contributed by atoms with Crippen molar-refractivity contribution in [1.29, 1.82) is 0 Å². The predicted octanol–water partition coefficient (Wildman–Crippen LogP) is 2.43. The molecule has 0 rings (SSSR count). The van der Waals surface area contributed by atoms with Crippen LogP contribution < -0.4 is 5.32 Å². The number of carboxylic acid groups (broad SMARTS) is 1. The molecule has 0 aliphatic carbocycles. The Bertz CT molecular complexity index is 647. The van der Waals surface area contributed by atoms with Crippen molar-refractivity contribution in [3.05, 3.63) is 0 Å². The van der Waals surface area contributed by atoms with E-state index in [-0.39, 0.29) is 19.1 Å². The Kier molecular flexibility index (Phi) is 39.4. The summed E-state index contributed by atoms with van der Waals surface area (Å²) in [6.45, 7) is 10.7. The third-order valence-corrected chi connectivity index (χ3v) is 6.13. The highest BCUT2D eigenvalue weighted by Gasteiger charge is 2.01. The van der Waals surface area contributed by atoms with Gasteiger partial charge in [0.05, 0.1) is 119 Å². The Labute approximate surface area is 281 Å². The van der Waals surface area contributed by atoms with Crippen LogP contribution in [0.1, 0.15) is 58.3 Å². The molecule has 0 aromatic carbocycles. The van der Waals surface area contributed by atoms with Crippen molar-refractivity contribution < 1.29 is 67.1 Å². The number of hydrogen-bond donors (Lipinski definition) is 2. The first-order valence-electron chi connectivity index (χ1n) is 17.1. The lowest BCUT2D eigenvalue weighted by Gasteiger charge is -2.09. The molecule has 0 unspecified atom stereocenters. The zero-order valence-electron chi connectivity index (χ0n) is 28.8. The zero-order valence-corrected chi connectivity index (χ0v) is 28.8. The van der Waals surface area contributed by atoms with E-state index >= 15 is 0 Å². The second-order valence-electron chi connectivity index (χ2n) is 10.2. The molecule has 15 nitrogen and oxygen atoms in total. The molecule has 0 aliphatic heterocycles. The molecule has 0 aliphatic rings. The van der Waals surface area contributed by atoms with E-state index in [9.17, 15) is 9.59 Å². The number of carbonyl (C=O) groups is 2. The molecular formula is C32H63NO14. The van der Waals surface area contributed by atoms with Crippen molar-refractivity contribution in [2.24, 2.45) is 0 Å². The van der Waals surface area contributed by atoms with Gasteiger partial charge in [-0.1, -0.05) is 45.4 Å². The van der Waals surface area contributed by atoms with Gasteiger partial charge in [0.1, 0.15) is 6.61 Å². The molecule has 47 heavy (non-hydrogen) atoms. The standard InChI is InChI=1S/C32H63NO14/c1-2-3-4-5-6-7-8-9-31(34)33-10-11-37-12-13-38-14-15-39-16-17-40-18-19-41-20-21-42-22-23-43-24-25-44-26-27-45-28-29-46-47-30-32(35)36/h2-30H2,1H3,(H,33,34)(H,35,36). The molecule has 0 saturated carbocycles. The van der Waals surface area contributed by atoms with Crippen LogP contribution in [0.3, 0.4) is 0 Å². The van der Waals surface area contributed by atoms with Crippen molar-refractivity contribution in [1.82, 2.24) is 5.32 Å². The lowest BCUT2D eigenvalue weighted by atomic mass is 10.1. The number of amides is 1. The highest BCUT2D eigenvalue weighted by atomic mass is 17.2. The largest absolute Gasteiger partial charge is 0.479 e. The maximum atomic E-state index is 11.8. The number of rotatable bonds is 41. The fraction of sp³-hybridized carbons (Fsp3) is 0.938. The zero-order chi connectivity index (χ0) is 34.1. The number of unbranched alkanes of at least 4 members (excludes halogenated alkanes) is 6. The van der Waals surface area contributed by atoms with Gasteiger partial charge in [-0.2, -0.15) is 0 Å². The summed E-state index contributed by atoms with van der Waals surface area (Å²) in [5.74, 6) is -0.994. The minimum Gasteiger partial charge on any atom is -0.479 e. The maximum Gasteiger partial charge on any atom is 0.333 e. The Morgan fingerprint density at radius 3 is 1.17 bits per heavy atom. The van der Waals surface area contributed by atoms with Gasteiger partial charge in [0.15, 0.2) is 6.61 Å². The average Bonchev–Trinajstić information content (AvgIpc) is 3.06. The van der Waals surface area contributed by atoms with Gasteiger partial charge in [-0.05, 0) is 6.42 Å². The van der Waals surface area contributed by atoms with Crippen LogP contribution in [0.2, 0.25) is 0 Å². The van der Waals surface area contributed by atoms with Crippen molar-refractivity contribution in [2.75, 3.05) is 139 Å². The molecule has 0 atom stereocenters. The summed E-state index contributed by atoms with van der Waals surface area (Å²) in [5.41, 5.74) is 0. The Morgan fingerprint density at radius 1 is 0.447 bits per heavy atom. The van der Waals surface area contributed by atoms with E-state index in [1.54, 1.807) is 0 Å². The lowest BCUT2D eigenvalue weighted by Crippen LogP contribution is -2.27. The first-order valence-corrected chi connectivity index (χ1v) is 17.1. The van der Waals surface area contributed by atoms with Crippen LogP contribution in [0, 0.1) is 0 Å². The lowest BCUT2D eigenvalue weighted by molar-refractivity contribution is -0.296. The molecule has 15 heteroatoms. The van der Waals surface area contributed by atoms with Gasteiger partial charge < -0.3 is 53.1 Å². The van der Waals surface area contributed by atoms with Gasteiger partial charge in [0.25, 0.3) is 0 Å². The Balaban J connectivity index is 3.10. The number of carboxylic acids is 1. The van der Waals surface area contributed by atoms with Crippen LogP contribution in [0.15, 0.2) is 0 Å². The summed E-state index contributed by atoms with van der Waals surface area (Å²) < 4.78 is 48.8. The van der Waals surface area contributed by atoms with Crippen LogP contribution in [0.4, 0.5) is 0 Å². The summed E-state index contributed by atoms with van der Waals surface area (Å²) in [6.07, 6.45) is 9.05. The summed E-state index contributed by atoms with van der Waals surface area (Å²) in [7, 11) is 0. The monoisotopic (exact) mass is 685 g/mol. The Morgan fingerprint density at radius 2 is 0.787 bits per heavy atom. The van der Waals surface area contributed by atoms with Crippen molar-refractivity contribution in [3.63, 3.8) is 0 Å². The molecule has 0 aromatic heterocycles. The SMILES string of the molecule is CCCCCCCCCC(=O)NCCOCCOCCOCCOCCOCCOCCOCCOCCOCCOOCC(=O)O. The third-order valence-electron chi connectivity index (χ3n) is 6.13. The smallest absolute Gasteiger partial charge is 0.333 e. The molecule has 0 spiro atoms. The van der Waals surface area contributed by atoms with Crippen molar-refractivity contribution in [3.8, 4) is 0 Å². The average molecular weight is 686 g/mol. The summed E-state index contributed by atoms with van der Waals surface area (Å²) in [6, 6.07) is 0. The predicted molar refractivity (Wildman–Crippen MR) is 173 cm³/mol. The first kappa shape index (κ1) is 45.5. The molecule has 0 fully saturated rings. The molecule has 0 heterocycles. The van der Waals surface area contributed by atoms with Gasteiger partial charge >= 0.3 is 5.97 Å². The van der Waals surface area contributed by atoms with Crippen LogP contribution in [-0.4, -0.2) is 156 Å². The number of hydrogen-bond acceptors (Lipinski definition) is 13. The van der Waals surface area contributed by atoms with Gasteiger partial charge in [-0.15, -0.1) is 0 Å². The summed E-state index contributed by atoms with van der Waals surface area (Å²) in [5, 5.41) is 11.3. The molecule has 0 radical (unpaired) electrons. The Hall–Kier alpha value is -1.50. The van der Waals surface area contributed by atoms with Gasteiger partial charge in [0, 0.05) is 13.0 Å². The topological polar surface area (TPSA) is 168 Å². The van der Waals surface area contributed by atoms with Crippen LogP contribution >= 0.6 is 0 Å². The van der Waals surface area contributed by atoms with Crippen molar-refractivity contribution in [2.45, 2.75) is 58.3 Å². The van der Waals surface area contributed by atoms with E-state index in [2.05, 4.69) is 22.0 Å². The fourth-order valence-corrected chi connectivity index (χ4v) is 3.70. The van der Waals surface area contributed by atoms with E-state index < -0.39 is 12.6 Å². The van der Waals surface area contributed by atoms with Crippen LogP contribution in [0.25, 0.3) is 0 Å². The molecular weight excluding hydrogens is 622 g/mol.